The Labute approximate surface area is 187 Å². The molecule has 160 valence electrons. The first-order valence-corrected chi connectivity index (χ1v) is 10.2. The predicted octanol–water partition coefficient (Wildman–Crippen LogP) is 2.83. The number of pyridine rings is 1. The summed E-state index contributed by atoms with van der Waals surface area (Å²) < 4.78 is 0. The molecule has 4 N–H and O–H groups in total. The minimum atomic E-state index is -0.641. The topological polar surface area (TPSA) is 91.5 Å². The number of nitrogens with one attached hydrogen (secondary N) is 1. The van der Waals surface area contributed by atoms with Crippen molar-refractivity contribution < 1.29 is 9.90 Å². The molecule has 1 atom stereocenters. The van der Waals surface area contributed by atoms with Crippen molar-refractivity contribution in [3.05, 3.63) is 69.9 Å². The second-order valence-electron chi connectivity index (χ2n) is 7.66. The molecule has 1 unspecified atom stereocenters. The average molecular weight is 437 g/mol. The highest BCUT2D eigenvalue weighted by molar-refractivity contribution is 6.31. The summed E-state index contributed by atoms with van der Waals surface area (Å²) in [6.07, 6.45) is 1.05. The highest BCUT2D eigenvalue weighted by Gasteiger charge is 2.11. The molecule has 0 bridgehead atoms. The summed E-state index contributed by atoms with van der Waals surface area (Å²) in [5.74, 6) is 6.28. The summed E-state index contributed by atoms with van der Waals surface area (Å²) in [5, 5.41) is 15.0. The maximum atomic E-state index is 12.5. The molecule has 0 saturated carbocycles. The second kappa shape index (κ2) is 9.80. The largest absolute Gasteiger partial charge is 0.390 e. The van der Waals surface area contributed by atoms with Crippen LogP contribution in [0.25, 0.3) is 10.8 Å². The zero-order valence-electron chi connectivity index (χ0n) is 17.7. The Hall–Kier alpha value is -3.11. The number of nitrogen functional groups attached to an aromatic ring is 1. The first-order chi connectivity index (χ1) is 14.7. The third-order valence-electron chi connectivity index (χ3n) is 4.78. The molecule has 1 amide bonds. The minimum Gasteiger partial charge on any atom is -0.390 e. The van der Waals surface area contributed by atoms with Gasteiger partial charge in [0, 0.05) is 46.2 Å². The van der Waals surface area contributed by atoms with Gasteiger partial charge in [0.2, 0.25) is 0 Å². The van der Waals surface area contributed by atoms with Crippen LogP contribution in [0.3, 0.4) is 0 Å². The summed E-state index contributed by atoms with van der Waals surface area (Å²) in [7, 11) is 3.73. The van der Waals surface area contributed by atoms with Crippen molar-refractivity contribution in [3.8, 4) is 11.8 Å². The molecule has 3 rings (SSSR count). The lowest BCUT2D eigenvalue weighted by Gasteiger charge is -2.16. The number of aliphatic hydroxyl groups is 1. The number of benzene rings is 2. The van der Waals surface area contributed by atoms with Gasteiger partial charge in [-0.15, -0.1) is 0 Å². The van der Waals surface area contributed by atoms with Gasteiger partial charge in [0.25, 0.3) is 5.91 Å². The molecular formula is C24H25ClN4O2. The van der Waals surface area contributed by atoms with Gasteiger partial charge in [-0.3, -0.25) is 4.79 Å². The number of aromatic nitrogens is 1. The lowest BCUT2D eigenvalue weighted by Crippen LogP contribution is -2.37. The van der Waals surface area contributed by atoms with Gasteiger partial charge in [-0.1, -0.05) is 35.6 Å². The Morgan fingerprint density at radius 1 is 1.26 bits per heavy atom. The number of hydrogen-bond acceptors (Lipinski definition) is 5. The zero-order chi connectivity index (χ0) is 22.5. The van der Waals surface area contributed by atoms with E-state index >= 15 is 0 Å². The monoisotopic (exact) mass is 436 g/mol. The summed E-state index contributed by atoms with van der Waals surface area (Å²) in [6.45, 7) is 2.56. The zero-order valence-corrected chi connectivity index (χ0v) is 18.5. The van der Waals surface area contributed by atoms with Crippen LogP contribution in [-0.2, 0) is 0 Å². The molecule has 0 fully saturated rings. The van der Waals surface area contributed by atoms with E-state index in [9.17, 15) is 9.90 Å². The van der Waals surface area contributed by atoms with Crippen LogP contribution in [0.4, 0.5) is 5.82 Å². The maximum Gasteiger partial charge on any atom is 0.251 e. The van der Waals surface area contributed by atoms with E-state index in [1.165, 1.54) is 0 Å². The number of carbonyl (C=O) groups excluding carboxylic acids is 1. The maximum absolute atomic E-state index is 12.5. The van der Waals surface area contributed by atoms with Gasteiger partial charge in [0.05, 0.1) is 11.7 Å². The van der Waals surface area contributed by atoms with Crippen molar-refractivity contribution in [1.29, 1.82) is 0 Å². The first kappa shape index (κ1) is 22.6. The van der Waals surface area contributed by atoms with Gasteiger partial charge < -0.3 is 21.1 Å². The van der Waals surface area contributed by atoms with Gasteiger partial charge in [-0.05, 0) is 50.8 Å². The van der Waals surface area contributed by atoms with Crippen LogP contribution >= 0.6 is 11.6 Å². The minimum absolute atomic E-state index is 0.171. The lowest BCUT2D eigenvalue weighted by atomic mass is 10.0. The molecule has 7 heteroatoms. The molecule has 0 saturated heterocycles. The fraction of sp³-hybridized carbons (Fsp3) is 0.250. The Bertz CT molecular complexity index is 1180. The van der Waals surface area contributed by atoms with Gasteiger partial charge >= 0.3 is 0 Å². The smallest absolute Gasteiger partial charge is 0.251 e. The number of carbonyl (C=O) groups is 1. The molecule has 3 aromatic rings. The SMILES string of the molecule is Cc1ccc(C(=O)NCC(O)CN(C)C)cc1C#Cc1c(N)ncc2ccc(Cl)cc12. The predicted molar refractivity (Wildman–Crippen MR) is 125 cm³/mol. The van der Waals surface area contributed by atoms with Crippen LogP contribution in [-0.4, -0.2) is 54.2 Å². The summed E-state index contributed by atoms with van der Waals surface area (Å²) in [5.41, 5.74) is 8.78. The second-order valence-corrected chi connectivity index (χ2v) is 8.09. The molecule has 6 nitrogen and oxygen atoms in total. The average Bonchev–Trinajstić information content (AvgIpc) is 2.72. The number of amides is 1. The van der Waals surface area contributed by atoms with Crippen molar-refractivity contribution in [2.24, 2.45) is 0 Å². The van der Waals surface area contributed by atoms with Crippen LogP contribution in [0, 0.1) is 18.8 Å². The fourth-order valence-corrected chi connectivity index (χ4v) is 3.33. The van der Waals surface area contributed by atoms with Crippen LogP contribution in [0.15, 0.2) is 42.6 Å². The van der Waals surface area contributed by atoms with E-state index in [4.69, 9.17) is 17.3 Å². The summed E-state index contributed by atoms with van der Waals surface area (Å²) in [6, 6.07) is 10.8. The molecule has 31 heavy (non-hydrogen) atoms. The van der Waals surface area contributed by atoms with E-state index in [-0.39, 0.29) is 12.5 Å². The highest BCUT2D eigenvalue weighted by atomic mass is 35.5. The molecule has 1 aromatic heterocycles. The van der Waals surface area contributed by atoms with Gasteiger partial charge in [-0.2, -0.15) is 0 Å². The van der Waals surface area contributed by atoms with Crippen molar-refractivity contribution in [2.45, 2.75) is 13.0 Å². The van der Waals surface area contributed by atoms with E-state index in [1.807, 2.05) is 44.1 Å². The Balaban J connectivity index is 1.87. The van der Waals surface area contributed by atoms with E-state index in [0.29, 0.717) is 34.1 Å². The molecular weight excluding hydrogens is 412 g/mol. The van der Waals surface area contributed by atoms with Crippen molar-refractivity contribution >= 4 is 34.1 Å². The van der Waals surface area contributed by atoms with E-state index < -0.39 is 6.10 Å². The van der Waals surface area contributed by atoms with Crippen molar-refractivity contribution in [3.63, 3.8) is 0 Å². The molecule has 0 aliphatic heterocycles. The highest BCUT2D eigenvalue weighted by Crippen LogP contribution is 2.25. The first-order valence-electron chi connectivity index (χ1n) is 9.82. The normalized spacial score (nSPS) is 11.8. The van der Waals surface area contributed by atoms with Crippen LogP contribution in [0.2, 0.25) is 5.02 Å². The number of hydrogen-bond donors (Lipinski definition) is 3. The van der Waals surface area contributed by atoms with E-state index in [1.54, 1.807) is 24.4 Å². The number of anilines is 1. The van der Waals surface area contributed by atoms with Gasteiger partial charge in [0.1, 0.15) is 5.82 Å². The fourth-order valence-electron chi connectivity index (χ4n) is 3.16. The molecule has 1 heterocycles. The molecule has 2 aromatic carbocycles. The molecule has 0 spiro atoms. The van der Waals surface area contributed by atoms with Crippen LogP contribution in [0.1, 0.15) is 27.0 Å². The number of nitrogens with two attached hydrogens (primary N) is 1. The molecule has 0 aliphatic carbocycles. The summed E-state index contributed by atoms with van der Waals surface area (Å²) in [4.78, 5) is 18.6. The number of rotatable bonds is 5. The third-order valence-corrected chi connectivity index (χ3v) is 5.01. The number of halogens is 1. The Kier molecular flexibility index (Phi) is 7.13. The number of likely N-dealkylation sites (N-methyl/N-ethyl adjacent to an activating group) is 1. The van der Waals surface area contributed by atoms with E-state index in [0.717, 1.165) is 16.3 Å². The molecule has 0 aliphatic rings. The van der Waals surface area contributed by atoms with Crippen LogP contribution in [0.5, 0.6) is 0 Å². The third kappa shape index (κ3) is 5.74. The van der Waals surface area contributed by atoms with Crippen LogP contribution < -0.4 is 11.1 Å². The molecule has 0 radical (unpaired) electrons. The standard InChI is InChI=1S/C24H25ClN4O2/c1-15-4-5-17(24(31)28-13-20(30)14-29(2)3)10-16(15)7-9-21-22-11-19(25)8-6-18(22)12-27-23(21)26/h4-6,8,10-12,20,30H,13-14H2,1-3H3,(H2,26,27)(H,28,31). The van der Waals surface area contributed by atoms with Crippen molar-refractivity contribution in [2.75, 3.05) is 32.9 Å². The number of aryl methyl sites for hydroxylation is 1. The quantitative estimate of drug-likeness (QED) is 0.535. The Morgan fingerprint density at radius 3 is 2.77 bits per heavy atom. The Morgan fingerprint density at radius 2 is 2.03 bits per heavy atom. The van der Waals surface area contributed by atoms with Gasteiger partial charge in [-0.25, -0.2) is 4.98 Å². The number of aliphatic hydroxyl groups excluding tert-OH is 1. The number of fused-ring (bicyclic) bond motifs is 1. The lowest BCUT2D eigenvalue weighted by molar-refractivity contribution is 0.0892. The van der Waals surface area contributed by atoms with E-state index in [2.05, 4.69) is 22.1 Å². The summed E-state index contributed by atoms with van der Waals surface area (Å²) >= 11 is 6.15. The van der Waals surface area contributed by atoms with Crippen molar-refractivity contribution in [1.82, 2.24) is 15.2 Å². The number of nitrogens with zero attached hydrogens (tertiary/aromatic N) is 2. The van der Waals surface area contributed by atoms with Gasteiger partial charge in [0.15, 0.2) is 0 Å².